The van der Waals surface area contributed by atoms with Crippen molar-refractivity contribution in [3.63, 3.8) is 0 Å². The van der Waals surface area contributed by atoms with Gasteiger partial charge in [0.05, 0.1) is 18.6 Å². The lowest BCUT2D eigenvalue weighted by Crippen LogP contribution is -2.23. The summed E-state index contributed by atoms with van der Waals surface area (Å²) >= 11 is 0. The molecular formula is C22H23N3O5S. The zero-order valence-electron chi connectivity index (χ0n) is 17.2. The molecule has 0 aliphatic carbocycles. The Balaban J connectivity index is 1.64. The molecule has 0 atom stereocenters. The largest absolute Gasteiger partial charge is 0.494 e. The third-order valence-corrected chi connectivity index (χ3v) is 5.72. The maximum absolute atomic E-state index is 12.6. The number of anilines is 1. The number of hydrogen-bond acceptors (Lipinski definition) is 6. The number of benzene rings is 2. The zero-order valence-corrected chi connectivity index (χ0v) is 18.0. The number of nitrogens with one attached hydrogen (secondary N) is 2. The number of carbonyl (C=O) groups is 1. The van der Waals surface area contributed by atoms with Crippen molar-refractivity contribution in [1.29, 1.82) is 0 Å². The van der Waals surface area contributed by atoms with E-state index in [1.807, 2.05) is 6.92 Å². The molecule has 2 aromatic carbocycles. The van der Waals surface area contributed by atoms with Gasteiger partial charge in [-0.3, -0.25) is 9.52 Å². The molecule has 1 aromatic heterocycles. The number of sulfonamides is 1. The van der Waals surface area contributed by atoms with Crippen molar-refractivity contribution >= 4 is 21.6 Å². The molecule has 0 spiro atoms. The van der Waals surface area contributed by atoms with Crippen LogP contribution in [0.25, 0.3) is 0 Å². The highest BCUT2D eigenvalue weighted by atomic mass is 32.2. The minimum absolute atomic E-state index is 0.0480. The molecule has 0 radical (unpaired) electrons. The molecule has 0 aliphatic heterocycles. The number of pyridine rings is 1. The summed E-state index contributed by atoms with van der Waals surface area (Å²) in [7, 11) is -2.28. The SMILES string of the molecule is CCOc1ccc(NS(=O)(=O)c2ccc(C(=O)NCc3cccnc3OC)cc2)cc1. The molecule has 0 saturated heterocycles. The molecule has 0 bridgehead atoms. The molecule has 0 fully saturated rings. The first-order chi connectivity index (χ1) is 14.9. The summed E-state index contributed by atoms with van der Waals surface area (Å²) in [5, 5.41) is 2.77. The molecule has 2 N–H and O–H groups in total. The van der Waals surface area contributed by atoms with E-state index in [-0.39, 0.29) is 17.3 Å². The molecule has 0 unspecified atom stereocenters. The second-order valence-corrected chi connectivity index (χ2v) is 8.12. The van der Waals surface area contributed by atoms with Crippen molar-refractivity contribution in [3.05, 3.63) is 78.0 Å². The molecule has 1 heterocycles. The Kier molecular flexibility index (Phi) is 7.09. The van der Waals surface area contributed by atoms with Gasteiger partial charge < -0.3 is 14.8 Å². The summed E-state index contributed by atoms with van der Waals surface area (Å²) in [5.41, 5.74) is 1.48. The maximum Gasteiger partial charge on any atom is 0.261 e. The van der Waals surface area contributed by atoms with Crippen LogP contribution in [-0.2, 0) is 16.6 Å². The number of rotatable bonds is 9. The third-order valence-electron chi connectivity index (χ3n) is 4.33. The van der Waals surface area contributed by atoms with Crippen LogP contribution in [0.4, 0.5) is 5.69 Å². The molecule has 0 aliphatic rings. The number of carbonyl (C=O) groups excluding carboxylic acids is 1. The van der Waals surface area contributed by atoms with Crippen LogP contribution in [0.15, 0.2) is 71.8 Å². The normalized spacial score (nSPS) is 10.9. The van der Waals surface area contributed by atoms with Crippen molar-refractivity contribution < 1.29 is 22.7 Å². The summed E-state index contributed by atoms with van der Waals surface area (Å²) < 4.78 is 38.2. The van der Waals surface area contributed by atoms with E-state index in [1.54, 1.807) is 42.6 Å². The smallest absolute Gasteiger partial charge is 0.261 e. The second kappa shape index (κ2) is 9.94. The Bertz CT molecular complexity index is 1130. The van der Waals surface area contributed by atoms with E-state index in [0.29, 0.717) is 29.5 Å². The lowest BCUT2D eigenvalue weighted by molar-refractivity contribution is 0.0950. The minimum atomic E-state index is -3.79. The van der Waals surface area contributed by atoms with Crippen LogP contribution >= 0.6 is 0 Å². The van der Waals surface area contributed by atoms with Gasteiger partial charge in [-0.25, -0.2) is 13.4 Å². The van der Waals surface area contributed by atoms with Crippen LogP contribution in [0.3, 0.4) is 0 Å². The molecule has 3 aromatic rings. The molecule has 31 heavy (non-hydrogen) atoms. The Morgan fingerprint density at radius 1 is 1.03 bits per heavy atom. The Hall–Kier alpha value is -3.59. The van der Waals surface area contributed by atoms with Gasteiger partial charge in [0.25, 0.3) is 15.9 Å². The number of nitrogens with zero attached hydrogens (tertiary/aromatic N) is 1. The van der Waals surface area contributed by atoms with E-state index in [2.05, 4.69) is 15.0 Å². The van der Waals surface area contributed by atoms with Crippen molar-refractivity contribution in [2.75, 3.05) is 18.4 Å². The molecule has 3 rings (SSSR count). The third kappa shape index (κ3) is 5.73. The van der Waals surface area contributed by atoms with E-state index in [4.69, 9.17) is 9.47 Å². The summed E-state index contributed by atoms with van der Waals surface area (Å²) in [6.45, 7) is 2.63. The standard InChI is InChI=1S/C22H23N3O5S/c1-3-30-19-10-8-18(9-11-19)25-31(27,28)20-12-6-16(7-13-20)21(26)24-15-17-5-4-14-23-22(17)29-2/h4-14,25H,3,15H2,1-2H3,(H,24,26). The van der Waals surface area contributed by atoms with Gasteiger partial charge in [0.1, 0.15) is 5.75 Å². The van der Waals surface area contributed by atoms with Gasteiger partial charge >= 0.3 is 0 Å². The predicted molar refractivity (Wildman–Crippen MR) is 117 cm³/mol. The van der Waals surface area contributed by atoms with Crippen molar-refractivity contribution in [1.82, 2.24) is 10.3 Å². The molecule has 0 saturated carbocycles. The van der Waals surface area contributed by atoms with Crippen LogP contribution in [-0.4, -0.2) is 33.0 Å². The average molecular weight is 442 g/mol. The lowest BCUT2D eigenvalue weighted by Gasteiger charge is -2.11. The van der Waals surface area contributed by atoms with E-state index < -0.39 is 10.0 Å². The molecule has 162 valence electrons. The number of amides is 1. The summed E-state index contributed by atoms with van der Waals surface area (Å²) in [6.07, 6.45) is 1.60. The van der Waals surface area contributed by atoms with Gasteiger partial charge in [0.15, 0.2) is 0 Å². The topological polar surface area (TPSA) is 107 Å². The van der Waals surface area contributed by atoms with Crippen LogP contribution in [0, 0.1) is 0 Å². The van der Waals surface area contributed by atoms with Crippen molar-refractivity contribution in [3.8, 4) is 11.6 Å². The highest BCUT2D eigenvalue weighted by molar-refractivity contribution is 7.92. The number of hydrogen-bond donors (Lipinski definition) is 2. The lowest BCUT2D eigenvalue weighted by atomic mass is 10.2. The van der Waals surface area contributed by atoms with Gasteiger partial charge in [-0.15, -0.1) is 0 Å². The van der Waals surface area contributed by atoms with E-state index in [0.717, 1.165) is 5.56 Å². The summed E-state index contributed by atoms with van der Waals surface area (Å²) in [6, 6.07) is 15.9. The molecule has 1 amide bonds. The van der Waals surface area contributed by atoms with Gasteiger partial charge in [0, 0.05) is 29.6 Å². The fourth-order valence-electron chi connectivity index (χ4n) is 2.81. The van der Waals surface area contributed by atoms with Gasteiger partial charge in [0.2, 0.25) is 5.88 Å². The Morgan fingerprint density at radius 3 is 2.39 bits per heavy atom. The number of aromatic nitrogens is 1. The van der Waals surface area contributed by atoms with E-state index in [9.17, 15) is 13.2 Å². The summed E-state index contributed by atoms with van der Waals surface area (Å²) in [4.78, 5) is 16.5. The first-order valence-electron chi connectivity index (χ1n) is 9.54. The number of methoxy groups -OCH3 is 1. The molecular weight excluding hydrogens is 418 g/mol. The van der Waals surface area contributed by atoms with Crippen LogP contribution < -0.4 is 19.5 Å². The first-order valence-corrected chi connectivity index (χ1v) is 11.0. The molecule has 9 heteroatoms. The van der Waals surface area contributed by atoms with Gasteiger partial charge in [-0.2, -0.15) is 0 Å². The summed E-state index contributed by atoms with van der Waals surface area (Å²) in [5.74, 6) is 0.753. The quantitative estimate of drug-likeness (QED) is 0.528. The monoisotopic (exact) mass is 441 g/mol. The Morgan fingerprint density at radius 2 is 1.74 bits per heavy atom. The van der Waals surface area contributed by atoms with Gasteiger partial charge in [-0.1, -0.05) is 6.07 Å². The number of ether oxygens (including phenoxy) is 2. The van der Waals surface area contributed by atoms with Crippen LogP contribution in [0.2, 0.25) is 0 Å². The van der Waals surface area contributed by atoms with Crippen LogP contribution in [0.5, 0.6) is 11.6 Å². The van der Waals surface area contributed by atoms with Crippen molar-refractivity contribution in [2.24, 2.45) is 0 Å². The predicted octanol–water partition coefficient (Wildman–Crippen LogP) is 3.22. The van der Waals surface area contributed by atoms with E-state index in [1.165, 1.54) is 31.4 Å². The highest BCUT2D eigenvalue weighted by Crippen LogP contribution is 2.20. The maximum atomic E-state index is 12.6. The minimum Gasteiger partial charge on any atom is -0.494 e. The van der Waals surface area contributed by atoms with Crippen LogP contribution in [0.1, 0.15) is 22.8 Å². The van der Waals surface area contributed by atoms with E-state index >= 15 is 0 Å². The average Bonchev–Trinajstić information content (AvgIpc) is 2.79. The second-order valence-electron chi connectivity index (χ2n) is 6.44. The zero-order chi connectivity index (χ0) is 22.3. The first kappa shape index (κ1) is 22.1. The van der Waals surface area contributed by atoms with Crippen molar-refractivity contribution in [2.45, 2.75) is 18.4 Å². The molecule has 8 nitrogen and oxygen atoms in total. The fourth-order valence-corrected chi connectivity index (χ4v) is 3.86. The van der Waals surface area contributed by atoms with Gasteiger partial charge in [-0.05, 0) is 61.5 Å². The highest BCUT2D eigenvalue weighted by Gasteiger charge is 2.16. The Labute approximate surface area is 181 Å². The fraction of sp³-hybridized carbons (Fsp3) is 0.182.